The van der Waals surface area contributed by atoms with Crippen molar-refractivity contribution in [1.82, 2.24) is 0 Å². The molecule has 6 nitrogen and oxygen atoms in total. The molecule has 28 heavy (non-hydrogen) atoms. The van der Waals surface area contributed by atoms with Gasteiger partial charge in [0.15, 0.2) is 0 Å². The lowest BCUT2D eigenvalue weighted by Gasteiger charge is -2.20. The topological polar surface area (TPSA) is 84.9 Å². The number of ether oxygens (including phenoxy) is 2. The Kier molecular flexibility index (Phi) is 8.91. The Morgan fingerprint density at radius 3 is 2.61 bits per heavy atom. The summed E-state index contributed by atoms with van der Waals surface area (Å²) in [4.78, 5) is 23.5. The van der Waals surface area contributed by atoms with E-state index < -0.39 is 18.2 Å². The van der Waals surface area contributed by atoms with Crippen LogP contribution in [0.1, 0.15) is 30.1 Å². The minimum absolute atomic E-state index is 0.0105. The first-order valence-corrected chi connectivity index (χ1v) is 10.4. The van der Waals surface area contributed by atoms with Crippen molar-refractivity contribution in [3.05, 3.63) is 57.2 Å². The lowest BCUT2D eigenvalue weighted by molar-refractivity contribution is -0.140. The number of benzene rings is 2. The molecule has 2 aromatic rings. The summed E-state index contributed by atoms with van der Waals surface area (Å²) in [6.45, 7) is 2.14. The van der Waals surface area contributed by atoms with E-state index >= 15 is 0 Å². The summed E-state index contributed by atoms with van der Waals surface area (Å²) in [6.07, 6.45) is -0.462. The van der Waals surface area contributed by atoms with E-state index in [1.54, 1.807) is 30.3 Å². The van der Waals surface area contributed by atoms with Gasteiger partial charge in [-0.2, -0.15) is 12.6 Å². The maximum Gasteiger partial charge on any atom is 0.412 e. The number of phenols is 1. The molecule has 2 rings (SSSR count). The largest absolute Gasteiger partial charge is 0.508 e. The van der Waals surface area contributed by atoms with E-state index in [0.717, 1.165) is 9.13 Å². The Labute approximate surface area is 183 Å². The van der Waals surface area contributed by atoms with Crippen LogP contribution in [0.5, 0.6) is 5.75 Å². The Hall–Kier alpha value is -1.94. The Balaban J connectivity index is 2.06. The molecule has 0 saturated carbocycles. The Bertz CT molecular complexity index is 813. The summed E-state index contributed by atoms with van der Waals surface area (Å²) in [6, 6.07) is 12.4. The van der Waals surface area contributed by atoms with Gasteiger partial charge in [0, 0.05) is 14.8 Å². The second-order valence-electron chi connectivity index (χ2n) is 6.11. The molecule has 0 aliphatic carbocycles. The van der Waals surface area contributed by atoms with Gasteiger partial charge in [0.2, 0.25) is 0 Å². The molecule has 0 bridgehead atoms. The summed E-state index contributed by atoms with van der Waals surface area (Å²) in [5.74, 6) is -0.354. The molecule has 0 spiro atoms. The first kappa shape index (κ1) is 22.4. The molecule has 0 unspecified atom stereocenters. The van der Waals surface area contributed by atoms with Crippen LogP contribution in [0.15, 0.2) is 42.5 Å². The van der Waals surface area contributed by atoms with Crippen LogP contribution in [0.25, 0.3) is 0 Å². The second-order valence-corrected chi connectivity index (χ2v) is 7.67. The summed E-state index contributed by atoms with van der Waals surface area (Å²) >= 11 is 5.98. The van der Waals surface area contributed by atoms with Gasteiger partial charge >= 0.3 is 12.1 Å². The zero-order valence-electron chi connectivity index (χ0n) is 15.4. The number of hydrogen-bond donors (Lipinski definition) is 3. The molecule has 0 heterocycles. The van der Waals surface area contributed by atoms with Gasteiger partial charge in [-0.25, -0.2) is 4.79 Å². The third kappa shape index (κ3) is 7.23. The molecule has 0 aliphatic heterocycles. The van der Waals surface area contributed by atoms with Gasteiger partial charge in [-0.05, 0) is 72.7 Å². The number of rotatable bonds is 8. The number of aryl methyl sites for hydroxylation is 1. The van der Waals surface area contributed by atoms with Crippen molar-refractivity contribution < 1.29 is 24.2 Å². The lowest BCUT2D eigenvalue weighted by Crippen LogP contribution is -2.18. The maximum atomic E-state index is 12.4. The van der Waals surface area contributed by atoms with Gasteiger partial charge in [-0.3, -0.25) is 10.1 Å². The monoisotopic (exact) mass is 515 g/mol. The van der Waals surface area contributed by atoms with Crippen molar-refractivity contribution in [1.29, 1.82) is 0 Å². The van der Waals surface area contributed by atoms with Crippen LogP contribution in [-0.2, 0) is 14.3 Å². The molecule has 8 heteroatoms. The van der Waals surface area contributed by atoms with E-state index in [9.17, 15) is 14.7 Å². The predicted octanol–water partition coefficient (Wildman–Crippen LogP) is 4.85. The van der Waals surface area contributed by atoms with Crippen molar-refractivity contribution in [3.8, 4) is 5.75 Å². The number of amides is 1. The van der Waals surface area contributed by atoms with Crippen molar-refractivity contribution >= 4 is 53.0 Å². The average Bonchev–Trinajstić information content (AvgIpc) is 2.67. The fourth-order valence-electron chi connectivity index (χ4n) is 2.47. The summed E-state index contributed by atoms with van der Waals surface area (Å²) in [5, 5.41) is 12.9. The normalized spacial score (nSPS) is 11.5. The minimum atomic E-state index is -0.685. The standard InChI is InChI=1S/C20H22INO5S/c1-13-4-7-15(8-5-13)22-20(25)27-18(3-2-10-26-19(24)12-28)16-11-14(21)6-9-17(16)23/h4-9,11,18,23,28H,2-3,10,12H2,1H3,(H,22,25)/t18-/m1/s1. The van der Waals surface area contributed by atoms with Gasteiger partial charge in [0.1, 0.15) is 11.9 Å². The van der Waals surface area contributed by atoms with Crippen LogP contribution in [-0.4, -0.2) is 29.5 Å². The molecule has 150 valence electrons. The van der Waals surface area contributed by atoms with Gasteiger partial charge < -0.3 is 14.6 Å². The van der Waals surface area contributed by atoms with Crippen LogP contribution in [0.3, 0.4) is 0 Å². The first-order valence-electron chi connectivity index (χ1n) is 8.68. The Morgan fingerprint density at radius 2 is 1.93 bits per heavy atom. The van der Waals surface area contributed by atoms with Crippen LogP contribution < -0.4 is 5.32 Å². The number of aromatic hydroxyl groups is 1. The lowest BCUT2D eigenvalue weighted by atomic mass is 10.0. The summed E-state index contributed by atoms with van der Waals surface area (Å²) in [5.41, 5.74) is 2.20. The molecule has 1 amide bonds. The highest BCUT2D eigenvalue weighted by Crippen LogP contribution is 2.32. The van der Waals surface area contributed by atoms with E-state index in [-0.39, 0.29) is 18.1 Å². The van der Waals surface area contributed by atoms with Crippen molar-refractivity contribution in [3.63, 3.8) is 0 Å². The second kappa shape index (κ2) is 11.2. The maximum absolute atomic E-state index is 12.4. The average molecular weight is 515 g/mol. The number of nitrogens with one attached hydrogen (secondary N) is 1. The van der Waals surface area contributed by atoms with E-state index in [2.05, 4.69) is 40.5 Å². The van der Waals surface area contributed by atoms with Crippen molar-refractivity contribution in [2.45, 2.75) is 25.9 Å². The molecular formula is C20H22INO5S. The molecule has 2 N–H and O–H groups in total. The highest BCUT2D eigenvalue weighted by Gasteiger charge is 2.21. The molecule has 0 aromatic heterocycles. The van der Waals surface area contributed by atoms with Gasteiger partial charge in [-0.1, -0.05) is 17.7 Å². The zero-order chi connectivity index (χ0) is 20.5. The van der Waals surface area contributed by atoms with Crippen LogP contribution in [0, 0.1) is 10.5 Å². The quantitative estimate of drug-likeness (QED) is 0.203. The fraction of sp³-hybridized carbons (Fsp3) is 0.300. The van der Waals surface area contributed by atoms with E-state index in [4.69, 9.17) is 9.47 Å². The first-order chi connectivity index (χ1) is 13.4. The number of carbonyl (C=O) groups excluding carboxylic acids is 2. The molecule has 2 aromatic carbocycles. The van der Waals surface area contributed by atoms with Gasteiger partial charge in [0.05, 0.1) is 12.4 Å². The number of thiol groups is 1. The third-order valence-corrected chi connectivity index (χ3v) is 4.82. The third-order valence-electron chi connectivity index (χ3n) is 3.89. The number of hydrogen-bond acceptors (Lipinski definition) is 6. The highest BCUT2D eigenvalue weighted by molar-refractivity contribution is 14.1. The number of halogens is 1. The number of anilines is 1. The van der Waals surface area contributed by atoms with Crippen molar-refractivity contribution in [2.75, 3.05) is 17.7 Å². The smallest absolute Gasteiger partial charge is 0.412 e. The van der Waals surface area contributed by atoms with E-state index in [0.29, 0.717) is 24.1 Å². The fourth-order valence-corrected chi connectivity index (χ4v) is 3.08. The Morgan fingerprint density at radius 1 is 1.21 bits per heavy atom. The van der Waals surface area contributed by atoms with Gasteiger partial charge in [0.25, 0.3) is 0 Å². The number of esters is 1. The van der Waals surface area contributed by atoms with Crippen LogP contribution >= 0.6 is 35.2 Å². The predicted molar refractivity (Wildman–Crippen MR) is 119 cm³/mol. The van der Waals surface area contributed by atoms with E-state index in [1.165, 1.54) is 0 Å². The molecule has 0 aliphatic rings. The summed E-state index contributed by atoms with van der Waals surface area (Å²) < 4.78 is 11.5. The SMILES string of the molecule is Cc1ccc(NC(=O)O[C@H](CCCOC(=O)CS)c2cc(I)ccc2O)cc1. The number of carbonyl (C=O) groups is 2. The molecule has 0 radical (unpaired) electrons. The molecule has 0 saturated heterocycles. The zero-order valence-corrected chi connectivity index (χ0v) is 18.4. The highest BCUT2D eigenvalue weighted by atomic mass is 127. The molecule has 0 fully saturated rings. The molecule has 1 atom stereocenters. The van der Waals surface area contributed by atoms with Gasteiger partial charge in [-0.15, -0.1) is 0 Å². The minimum Gasteiger partial charge on any atom is -0.508 e. The molecular weight excluding hydrogens is 493 g/mol. The van der Waals surface area contributed by atoms with Crippen LogP contribution in [0.4, 0.5) is 10.5 Å². The number of phenolic OH excluding ortho intramolecular Hbond substituents is 1. The van der Waals surface area contributed by atoms with Crippen molar-refractivity contribution in [2.24, 2.45) is 0 Å². The van der Waals surface area contributed by atoms with E-state index in [1.807, 2.05) is 19.1 Å². The van der Waals surface area contributed by atoms with Crippen LogP contribution in [0.2, 0.25) is 0 Å². The summed E-state index contributed by atoms with van der Waals surface area (Å²) in [7, 11) is 0.